The molecule has 0 aromatic heterocycles. The van der Waals surface area contributed by atoms with Crippen molar-refractivity contribution in [1.82, 2.24) is 0 Å². The zero-order valence-electron chi connectivity index (χ0n) is 5.60. The van der Waals surface area contributed by atoms with Gasteiger partial charge in [-0.3, -0.25) is 0 Å². The maximum absolute atomic E-state index is 6.05. The highest BCUT2D eigenvalue weighted by Gasteiger charge is 2.42. The van der Waals surface area contributed by atoms with E-state index in [0.29, 0.717) is 16.7 Å². The van der Waals surface area contributed by atoms with Crippen molar-refractivity contribution in [3.05, 3.63) is 12.2 Å². The maximum Gasteiger partial charge on any atom is 0.0407 e. The fraction of sp³-hybridized carbons (Fsp3) is 0.750. The number of rotatable bonds is 0. The van der Waals surface area contributed by atoms with E-state index < -0.39 is 0 Å². The van der Waals surface area contributed by atoms with Gasteiger partial charge in [0.2, 0.25) is 0 Å². The summed E-state index contributed by atoms with van der Waals surface area (Å²) >= 11 is 6.05. The van der Waals surface area contributed by atoms with Crippen molar-refractivity contribution >= 4 is 11.6 Å². The zero-order valence-corrected chi connectivity index (χ0v) is 6.36. The summed E-state index contributed by atoms with van der Waals surface area (Å²) in [6.45, 7) is 2.30. The second kappa shape index (κ2) is 1.54. The summed E-state index contributed by atoms with van der Waals surface area (Å²) in [6.07, 6.45) is 7.09. The van der Waals surface area contributed by atoms with Gasteiger partial charge >= 0.3 is 0 Å². The molecule has 0 heterocycles. The normalized spacial score (nSPS) is 54.9. The first-order valence-corrected chi connectivity index (χ1v) is 3.97. The molecule has 1 heteroatoms. The van der Waals surface area contributed by atoms with Gasteiger partial charge in [-0.2, -0.15) is 0 Å². The van der Waals surface area contributed by atoms with E-state index in [0.717, 1.165) is 0 Å². The predicted molar refractivity (Wildman–Crippen MR) is 39.6 cm³/mol. The first kappa shape index (κ1) is 5.79. The minimum absolute atomic E-state index is 0.431. The van der Waals surface area contributed by atoms with Crippen molar-refractivity contribution in [3.63, 3.8) is 0 Å². The summed E-state index contributed by atoms with van der Waals surface area (Å²) in [5.74, 6) is 0.691. The van der Waals surface area contributed by atoms with Crippen LogP contribution in [-0.4, -0.2) is 5.38 Å². The summed E-state index contributed by atoms with van der Waals surface area (Å²) < 4.78 is 0. The topological polar surface area (TPSA) is 0 Å². The van der Waals surface area contributed by atoms with Gasteiger partial charge in [0.05, 0.1) is 0 Å². The SMILES string of the molecule is CC12C=CC(C1)C(Cl)C2. The fourth-order valence-corrected chi connectivity index (χ4v) is 2.55. The molecule has 0 radical (unpaired) electrons. The van der Waals surface area contributed by atoms with Gasteiger partial charge < -0.3 is 0 Å². The predicted octanol–water partition coefficient (Wildman–Crippen LogP) is 2.58. The van der Waals surface area contributed by atoms with E-state index in [1.54, 1.807) is 0 Å². The van der Waals surface area contributed by atoms with Crippen LogP contribution in [0.5, 0.6) is 0 Å². The minimum atomic E-state index is 0.431. The Labute approximate surface area is 60.9 Å². The average molecular weight is 143 g/mol. The molecule has 0 aromatic carbocycles. The van der Waals surface area contributed by atoms with Gasteiger partial charge in [0.25, 0.3) is 0 Å². The monoisotopic (exact) mass is 142 g/mol. The molecule has 0 nitrogen and oxygen atoms in total. The molecule has 1 fully saturated rings. The van der Waals surface area contributed by atoms with E-state index >= 15 is 0 Å². The molecular weight excluding hydrogens is 132 g/mol. The van der Waals surface area contributed by atoms with Crippen LogP contribution in [0, 0.1) is 11.3 Å². The van der Waals surface area contributed by atoms with E-state index in [4.69, 9.17) is 11.6 Å². The van der Waals surface area contributed by atoms with Gasteiger partial charge in [-0.25, -0.2) is 0 Å². The van der Waals surface area contributed by atoms with Crippen molar-refractivity contribution < 1.29 is 0 Å². The molecule has 2 rings (SSSR count). The van der Waals surface area contributed by atoms with E-state index in [-0.39, 0.29) is 0 Å². The van der Waals surface area contributed by atoms with Crippen molar-refractivity contribution in [3.8, 4) is 0 Å². The maximum atomic E-state index is 6.05. The lowest BCUT2D eigenvalue weighted by molar-refractivity contribution is 0.455. The van der Waals surface area contributed by atoms with Gasteiger partial charge in [-0.05, 0) is 24.2 Å². The Morgan fingerprint density at radius 1 is 1.56 bits per heavy atom. The van der Waals surface area contributed by atoms with Crippen LogP contribution in [0.3, 0.4) is 0 Å². The summed E-state index contributed by atoms with van der Waals surface area (Å²) in [6, 6.07) is 0. The summed E-state index contributed by atoms with van der Waals surface area (Å²) in [5.41, 5.74) is 0.469. The number of fused-ring (bicyclic) bond motifs is 2. The molecule has 3 unspecified atom stereocenters. The highest BCUT2D eigenvalue weighted by atomic mass is 35.5. The first-order valence-electron chi connectivity index (χ1n) is 3.53. The molecule has 2 aliphatic carbocycles. The lowest BCUT2D eigenvalue weighted by atomic mass is 9.91. The highest BCUT2D eigenvalue weighted by Crippen LogP contribution is 2.50. The second-order valence-electron chi connectivity index (χ2n) is 3.60. The molecular formula is C8H11Cl. The number of allylic oxidation sites excluding steroid dienone is 2. The van der Waals surface area contributed by atoms with Crippen LogP contribution in [0.2, 0.25) is 0 Å². The van der Waals surface area contributed by atoms with Gasteiger partial charge in [0.1, 0.15) is 0 Å². The Morgan fingerprint density at radius 3 is 2.56 bits per heavy atom. The van der Waals surface area contributed by atoms with E-state index in [9.17, 15) is 0 Å². The minimum Gasteiger partial charge on any atom is -0.122 e. The summed E-state index contributed by atoms with van der Waals surface area (Å²) in [7, 11) is 0. The largest absolute Gasteiger partial charge is 0.122 e. The molecule has 0 spiro atoms. The number of hydrogen-bond acceptors (Lipinski definition) is 0. The van der Waals surface area contributed by atoms with E-state index in [1.165, 1.54) is 12.8 Å². The summed E-state index contributed by atoms with van der Waals surface area (Å²) in [5, 5.41) is 0.431. The van der Waals surface area contributed by atoms with Gasteiger partial charge in [-0.1, -0.05) is 19.1 Å². The first-order chi connectivity index (χ1) is 4.20. The fourth-order valence-electron chi connectivity index (χ4n) is 2.03. The molecule has 0 saturated heterocycles. The van der Waals surface area contributed by atoms with Crippen LogP contribution >= 0.6 is 11.6 Å². The molecule has 2 aliphatic rings. The van der Waals surface area contributed by atoms with Crippen LogP contribution < -0.4 is 0 Å². The average Bonchev–Trinajstić information content (AvgIpc) is 2.20. The molecule has 0 aliphatic heterocycles. The quantitative estimate of drug-likeness (QED) is 0.360. The third-order valence-electron chi connectivity index (χ3n) is 2.57. The van der Waals surface area contributed by atoms with Crippen LogP contribution in [0.25, 0.3) is 0 Å². The molecule has 50 valence electrons. The van der Waals surface area contributed by atoms with E-state index in [1.807, 2.05) is 0 Å². The van der Waals surface area contributed by atoms with Gasteiger partial charge in [-0.15, -0.1) is 11.6 Å². The standard InChI is InChI=1S/C8H11Cl/c1-8-3-2-6(4-8)7(9)5-8/h2-3,6-7H,4-5H2,1H3. The molecule has 1 saturated carbocycles. The summed E-state index contributed by atoms with van der Waals surface area (Å²) in [4.78, 5) is 0. The van der Waals surface area contributed by atoms with Crippen molar-refractivity contribution in [2.24, 2.45) is 11.3 Å². The van der Waals surface area contributed by atoms with E-state index in [2.05, 4.69) is 19.1 Å². The van der Waals surface area contributed by atoms with Crippen molar-refractivity contribution in [1.29, 1.82) is 0 Å². The van der Waals surface area contributed by atoms with Crippen LogP contribution in [0.1, 0.15) is 19.8 Å². The van der Waals surface area contributed by atoms with Crippen LogP contribution in [-0.2, 0) is 0 Å². The van der Waals surface area contributed by atoms with Crippen LogP contribution in [0.15, 0.2) is 12.2 Å². The Bertz CT molecular complexity index is 162. The molecule has 9 heavy (non-hydrogen) atoms. The Kier molecular flexibility index (Phi) is 0.993. The van der Waals surface area contributed by atoms with Gasteiger partial charge in [0.15, 0.2) is 0 Å². The van der Waals surface area contributed by atoms with Crippen molar-refractivity contribution in [2.75, 3.05) is 0 Å². The molecule has 3 atom stereocenters. The number of alkyl halides is 1. The number of halogens is 1. The number of hydrogen-bond donors (Lipinski definition) is 0. The molecule has 2 bridgehead atoms. The molecule has 0 amide bonds. The van der Waals surface area contributed by atoms with Crippen LogP contribution in [0.4, 0.5) is 0 Å². The lowest BCUT2D eigenvalue weighted by Gasteiger charge is -2.16. The Morgan fingerprint density at radius 2 is 2.33 bits per heavy atom. The second-order valence-corrected chi connectivity index (χ2v) is 4.16. The Balaban J connectivity index is 2.30. The molecule has 0 aromatic rings. The lowest BCUT2D eigenvalue weighted by Crippen LogP contribution is -2.09. The molecule has 0 N–H and O–H groups in total. The third kappa shape index (κ3) is 0.728. The van der Waals surface area contributed by atoms with Gasteiger partial charge in [0, 0.05) is 5.38 Å². The third-order valence-corrected chi connectivity index (χ3v) is 3.05. The zero-order chi connectivity index (χ0) is 6.48. The van der Waals surface area contributed by atoms with Crippen molar-refractivity contribution in [2.45, 2.75) is 25.1 Å². The Hall–Kier alpha value is 0.0300. The smallest absolute Gasteiger partial charge is 0.0407 e. The highest BCUT2D eigenvalue weighted by molar-refractivity contribution is 6.21.